The van der Waals surface area contributed by atoms with Crippen molar-refractivity contribution in [3.8, 4) is 0 Å². The summed E-state index contributed by atoms with van der Waals surface area (Å²) in [6, 6.07) is 9.86. The zero-order valence-electron chi connectivity index (χ0n) is 15.8. The largest absolute Gasteiger partial charge is 0.324 e. The second kappa shape index (κ2) is 7.79. The van der Waals surface area contributed by atoms with E-state index >= 15 is 0 Å². The van der Waals surface area contributed by atoms with Crippen LogP contribution in [0.2, 0.25) is 0 Å². The highest BCUT2D eigenvalue weighted by atomic mass is 32.2. The van der Waals surface area contributed by atoms with Crippen molar-refractivity contribution >= 4 is 21.7 Å². The first kappa shape index (κ1) is 19.9. The summed E-state index contributed by atoms with van der Waals surface area (Å²) in [5, 5.41) is 2.86. The third-order valence-electron chi connectivity index (χ3n) is 4.77. The van der Waals surface area contributed by atoms with Gasteiger partial charge in [0.2, 0.25) is 5.96 Å². The summed E-state index contributed by atoms with van der Waals surface area (Å²) in [6.07, 6.45) is 2.90. The average molecular weight is 429 g/mol. The molecule has 2 heterocycles. The lowest BCUT2D eigenvalue weighted by molar-refractivity contribution is 0.577. The molecule has 1 atom stereocenters. The van der Waals surface area contributed by atoms with Gasteiger partial charge in [0.05, 0.1) is 17.9 Å². The molecule has 30 heavy (non-hydrogen) atoms. The highest BCUT2D eigenvalue weighted by Gasteiger charge is 2.32. The number of nitrogens with one attached hydrogen (secondary N) is 2. The van der Waals surface area contributed by atoms with E-state index in [2.05, 4.69) is 25.0 Å². The first-order valence-electron chi connectivity index (χ1n) is 9.03. The molecule has 7 nitrogen and oxygen atoms in total. The number of guanidine groups is 1. The first-order chi connectivity index (χ1) is 14.4. The molecule has 0 fully saturated rings. The van der Waals surface area contributed by atoms with Crippen molar-refractivity contribution in [2.45, 2.75) is 24.3 Å². The number of benzene rings is 2. The predicted molar refractivity (Wildman–Crippen MR) is 107 cm³/mol. The number of anilines is 1. The Labute approximate surface area is 172 Å². The molecule has 0 saturated heterocycles. The normalized spacial score (nSPS) is 17.0. The van der Waals surface area contributed by atoms with Gasteiger partial charge in [-0.05, 0) is 29.8 Å². The monoisotopic (exact) mass is 429 g/mol. The van der Waals surface area contributed by atoms with Crippen LogP contribution in [0.1, 0.15) is 29.7 Å². The van der Waals surface area contributed by atoms with Gasteiger partial charge in [0, 0.05) is 17.7 Å². The van der Waals surface area contributed by atoms with Crippen molar-refractivity contribution in [3.63, 3.8) is 0 Å². The Bertz CT molecular complexity index is 1230. The quantitative estimate of drug-likeness (QED) is 0.664. The molecule has 2 aromatic carbocycles. The standard InChI is InChI=1S/C20H17F2N5O2S/c1-12(14-4-2-3-5-15(14)21)18-16(22)6-7-17-19(18)26-20(27-30(17,28)29)24-10-13-8-9-23-11-25-13/h2-9,11-12H,10H2,1H3,(H2,24,26,27)/t12-/m1/s1. The van der Waals surface area contributed by atoms with E-state index in [9.17, 15) is 17.2 Å². The van der Waals surface area contributed by atoms with Crippen LogP contribution in [-0.2, 0) is 16.6 Å². The Hall–Kier alpha value is -3.40. The number of hydrogen-bond donors (Lipinski definition) is 2. The van der Waals surface area contributed by atoms with E-state index in [-0.39, 0.29) is 34.2 Å². The molecule has 3 aromatic rings. The third-order valence-corrected chi connectivity index (χ3v) is 6.15. The molecule has 1 aliphatic rings. The van der Waals surface area contributed by atoms with Gasteiger partial charge in [-0.3, -0.25) is 0 Å². The minimum atomic E-state index is -4.00. The van der Waals surface area contributed by atoms with Crippen LogP contribution in [0.4, 0.5) is 14.5 Å². The molecule has 0 spiro atoms. The predicted octanol–water partition coefficient (Wildman–Crippen LogP) is 3.17. The SMILES string of the molecule is C[C@H](c1ccccc1F)c1c(F)ccc2c1NC(=NCc1ccncn1)NS2(=O)=O. The molecule has 0 radical (unpaired) electrons. The molecular formula is C20H17F2N5O2S. The number of rotatable bonds is 4. The minimum Gasteiger partial charge on any atom is -0.324 e. The van der Waals surface area contributed by atoms with Gasteiger partial charge in [0.15, 0.2) is 0 Å². The number of halogens is 2. The van der Waals surface area contributed by atoms with Crippen LogP contribution in [0.25, 0.3) is 0 Å². The van der Waals surface area contributed by atoms with E-state index in [0.29, 0.717) is 5.69 Å². The Morgan fingerprint density at radius 1 is 1.10 bits per heavy atom. The van der Waals surface area contributed by atoms with Gasteiger partial charge < -0.3 is 5.32 Å². The van der Waals surface area contributed by atoms with Gasteiger partial charge in [-0.15, -0.1) is 0 Å². The number of fused-ring (bicyclic) bond motifs is 1. The Kier molecular flexibility index (Phi) is 5.17. The molecule has 10 heteroatoms. The molecule has 0 saturated carbocycles. The minimum absolute atomic E-state index is 0.0333. The lowest BCUT2D eigenvalue weighted by atomic mass is 9.91. The molecule has 1 aromatic heterocycles. The number of aromatic nitrogens is 2. The third kappa shape index (κ3) is 3.73. The van der Waals surface area contributed by atoms with Crippen molar-refractivity contribution in [3.05, 3.63) is 83.4 Å². The lowest BCUT2D eigenvalue weighted by Crippen LogP contribution is -2.41. The zero-order chi connectivity index (χ0) is 21.3. The Morgan fingerprint density at radius 2 is 1.90 bits per heavy atom. The van der Waals surface area contributed by atoms with Crippen molar-refractivity contribution in [2.75, 3.05) is 5.32 Å². The molecule has 0 bridgehead atoms. The smallest absolute Gasteiger partial charge is 0.266 e. The second-order valence-corrected chi connectivity index (χ2v) is 8.32. The highest BCUT2D eigenvalue weighted by Crippen LogP contribution is 2.38. The maximum absolute atomic E-state index is 14.8. The van der Waals surface area contributed by atoms with Gasteiger partial charge in [-0.25, -0.2) is 36.9 Å². The molecule has 0 amide bonds. The zero-order valence-corrected chi connectivity index (χ0v) is 16.6. The second-order valence-electron chi connectivity index (χ2n) is 6.67. The highest BCUT2D eigenvalue weighted by molar-refractivity contribution is 7.90. The van der Waals surface area contributed by atoms with E-state index in [1.54, 1.807) is 31.3 Å². The fourth-order valence-electron chi connectivity index (χ4n) is 3.30. The summed E-state index contributed by atoms with van der Waals surface area (Å²) in [6.45, 7) is 1.70. The van der Waals surface area contributed by atoms with Crippen LogP contribution in [-0.4, -0.2) is 24.3 Å². The van der Waals surface area contributed by atoms with Gasteiger partial charge in [0.25, 0.3) is 10.0 Å². The van der Waals surface area contributed by atoms with Crippen LogP contribution in [0, 0.1) is 11.6 Å². The van der Waals surface area contributed by atoms with Gasteiger partial charge in [-0.2, -0.15) is 0 Å². The Morgan fingerprint density at radius 3 is 2.63 bits per heavy atom. The fraction of sp³-hybridized carbons (Fsp3) is 0.150. The van der Waals surface area contributed by atoms with E-state index in [1.807, 2.05) is 0 Å². The van der Waals surface area contributed by atoms with Gasteiger partial charge >= 0.3 is 0 Å². The maximum Gasteiger partial charge on any atom is 0.266 e. The van der Waals surface area contributed by atoms with E-state index in [1.165, 1.54) is 24.5 Å². The molecule has 0 unspecified atom stereocenters. The van der Waals surface area contributed by atoms with Crippen molar-refractivity contribution in [1.82, 2.24) is 14.7 Å². The van der Waals surface area contributed by atoms with E-state index < -0.39 is 27.6 Å². The summed E-state index contributed by atoms with van der Waals surface area (Å²) < 4.78 is 56.9. The summed E-state index contributed by atoms with van der Waals surface area (Å²) >= 11 is 0. The van der Waals surface area contributed by atoms with Gasteiger partial charge in [0.1, 0.15) is 22.9 Å². The molecular weight excluding hydrogens is 412 g/mol. The topological polar surface area (TPSA) is 96.3 Å². The summed E-state index contributed by atoms with van der Waals surface area (Å²) in [4.78, 5) is 11.9. The molecule has 4 rings (SSSR count). The van der Waals surface area contributed by atoms with Crippen LogP contribution in [0.3, 0.4) is 0 Å². The van der Waals surface area contributed by atoms with Crippen LogP contribution in [0.5, 0.6) is 0 Å². The Balaban J connectivity index is 1.79. The summed E-state index contributed by atoms with van der Waals surface area (Å²) in [5.41, 5.74) is 0.897. The number of hydrogen-bond acceptors (Lipinski definition) is 5. The van der Waals surface area contributed by atoms with Crippen LogP contribution < -0.4 is 10.0 Å². The molecule has 2 N–H and O–H groups in total. The molecule has 154 valence electrons. The van der Waals surface area contributed by atoms with E-state index in [0.717, 1.165) is 6.07 Å². The first-order valence-corrected chi connectivity index (χ1v) is 10.5. The summed E-state index contributed by atoms with van der Waals surface area (Å²) in [7, 11) is -4.00. The number of sulfonamides is 1. The number of aliphatic imine (C=N–C) groups is 1. The van der Waals surface area contributed by atoms with Crippen molar-refractivity contribution < 1.29 is 17.2 Å². The fourth-order valence-corrected chi connectivity index (χ4v) is 4.46. The molecule has 1 aliphatic heterocycles. The van der Waals surface area contributed by atoms with Crippen LogP contribution in [0.15, 0.2) is 64.9 Å². The van der Waals surface area contributed by atoms with Gasteiger partial charge in [-0.1, -0.05) is 25.1 Å². The maximum atomic E-state index is 14.8. The molecule has 0 aliphatic carbocycles. The average Bonchev–Trinajstić information content (AvgIpc) is 2.72. The number of nitrogens with zero attached hydrogens (tertiary/aromatic N) is 3. The lowest BCUT2D eigenvalue weighted by Gasteiger charge is -2.26. The van der Waals surface area contributed by atoms with Crippen molar-refractivity contribution in [1.29, 1.82) is 0 Å². The van der Waals surface area contributed by atoms with Crippen molar-refractivity contribution in [2.24, 2.45) is 4.99 Å². The van der Waals surface area contributed by atoms with Crippen LogP contribution >= 0.6 is 0 Å². The van der Waals surface area contributed by atoms with E-state index in [4.69, 9.17) is 0 Å². The summed E-state index contributed by atoms with van der Waals surface area (Å²) in [5.74, 6) is -1.97.